The highest BCUT2D eigenvalue weighted by atomic mass is 28.3. The molecule has 1 aliphatic rings. The van der Waals surface area contributed by atoms with Gasteiger partial charge in [0.25, 0.3) is 0 Å². The van der Waals surface area contributed by atoms with Gasteiger partial charge in [-0.1, -0.05) is 19.6 Å². The van der Waals surface area contributed by atoms with Crippen LogP contribution < -0.4 is 4.74 Å². The summed E-state index contributed by atoms with van der Waals surface area (Å²) in [4.78, 5) is 21.9. The number of hydrogen-bond acceptors (Lipinski definition) is 6. The van der Waals surface area contributed by atoms with E-state index in [2.05, 4.69) is 29.6 Å². The molecule has 188 valence electrons. The van der Waals surface area contributed by atoms with E-state index < -0.39 is 14.0 Å². The molecule has 0 N–H and O–H groups in total. The van der Waals surface area contributed by atoms with E-state index in [0.717, 1.165) is 18.9 Å². The smallest absolute Gasteiger partial charge is 0.342 e. The van der Waals surface area contributed by atoms with Gasteiger partial charge in [0.2, 0.25) is 0 Å². The van der Waals surface area contributed by atoms with Crippen LogP contribution in [0.4, 0.5) is 4.39 Å². The Morgan fingerprint density at radius 1 is 1.23 bits per heavy atom. The molecule has 0 aliphatic heterocycles. The maximum atomic E-state index is 14.2. The number of carbonyl (C=O) groups excluding carboxylic acids is 1. The van der Waals surface area contributed by atoms with E-state index in [0.29, 0.717) is 58.4 Å². The third-order valence-corrected chi connectivity index (χ3v) is 7.87. The van der Waals surface area contributed by atoms with E-state index >= 15 is 0 Å². The Morgan fingerprint density at radius 2 is 2.00 bits per heavy atom. The van der Waals surface area contributed by atoms with E-state index in [9.17, 15) is 9.18 Å². The van der Waals surface area contributed by atoms with Crippen molar-refractivity contribution in [2.24, 2.45) is 5.92 Å². The first-order chi connectivity index (χ1) is 16.7. The molecule has 0 atom stereocenters. The van der Waals surface area contributed by atoms with Crippen molar-refractivity contribution in [3.8, 4) is 17.0 Å². The van der Waals surface area contributed by atoms with Gasteiger partial charge in [0.05, 0.1) is 18.7 Å². The summed E-state index contributed by atoms with van der Waals surface area (Å²) in [5.74, 6) is 0.126. The summed E-state index contributed by atoms with van der Waals surface area (Å²) in [6, 6.07) is 5.48. The molecular weight excluding hydrogens is 465 g/mol. The minimum atomic E-state index is -1.26. The number of hydrogen-bond donors (Lipinski definition) is 0. The number of fused-ring (bicyclic) bond motifs is 1. The van der Waals surface area contributed by atoms with Crippen molar-refractivity contribution >= 4 is 25.1 Å². The van der Waals surface area contributed by atoms with Crippen molar-refractivity contribution in [3.63, 3.8) is 0 Å². The molecule has 2 heterocycles. The molecule has 0 bridgehead atoms. The molecule has 35 heavy (non-hydrogen) atoms. The van der Waals surface area contributed by atoms with Crippen molar-refractivity contribution in [3.05, 3.63) is 41.6 Å². The lowest BCUT2D eigenvalue weighted by Crippen LogP contribution is -2.22. The van der Waals surface area contributed by atoms with E-state index in [1.807, 2.05) is 11.5 Å². The highest BCUT2D eigenvalue weighted by Gasteiger charge is 2.27. The number of rotatable bonds is 11. The molecular formula is C26H34FN3O4Si. The molecule has 1 aliphatic carbocycles. The molecule has 0 saturated heterocycles. The minimum Gasteiger partial charge on any atom is -0.492 e. The fourth-order valence-corrected chi connectivity index (χ4v) is 4.69. The zero-order chi connectivity index (χ0) is 25.2. The summed E-state index contributed by atoms with van der Waals surface area (Å²) in [6.45, 7) is 12.2. The highest BCUT2D eigenvalue weighted by molar-refractivity contribution is 6.76. The fraction of sp³-hybridized carbons (Fsp3) is 0.500. The predicted molar refractivity (Wildman–Crippen MR) is 136 cm³/mol. The summed E-state index contributed by atoms with van der Waals surface area (Å²) in [5.41, 5.74) is 3.42. The van der Waals surface area contributed by atoms with E-state index in [-0.39, 0.29) is 19.2 Å². The molecule has 2 aromatic heterocycles. The number of halogens is 1. The van der Waals surface area contributed by atoms with Gasteiger partial charge in [-0.05, 0) is 50.8 Å². The molecule has 0 amide bonds. The van der Waals surface area contributed by atoms with Gasteiger partial charge in [0.15, 0.2) is 0 Å². The first-order valence-corrected chi connectivity index (χ1v) is 15.9. The lowest BCUT2D eigenvalue weighted by atomic mass is 10.1. The van der Waals surface area contributed by atoms with Crippen LogP contribution in [0, 0.1) is 18.7 Å². The number of ether oxygens (including phenoxy) is 3. The van der Waals surface area contributed by atoms with E-state index in [4.69, 9.17) is 14.2 Å². The van der Waals surface area contributed by atoms with Crippen LogP contribution in [-0.4, -0.2) is 48.4 Å². The van der Waals surface area contributed by atoms with Crippen LogP contribution in [0.25, 0.3) is 22.3 Å². The lowest BCUT2D eigenvalue weighted by molar-refractivity contribution is 0.0525. The van der Waals surface area contributed by atoms with Crippen LogP contribution in [0.5, 0.6) is 5.75 Å². The quantitative estimate of drug-likeness (QED) is 0.188. The van der Waals surface area contributed by atoms with Crippen LogP contribution in [0.3, 0.4) is 0 Å². The first kappa shape index (κ1) is 25.3. The van der Waals surface area contributed by atoms with Crippen LogP contribution in [-0.2, 0) is 16.2 Å². The largest absolute Gasteiger partial charge is 0.492 e. The molecule has 1 aromatic carbocycles. The number of nitrogens with zero attached hydrogens (tertiary/aromatic N) is 3. The van der Waals surface area contributed by atoms with Crippen molar-refractivity contribution < 1.29 is 23.4 Å². The van der Waals surface area contributed by atoms with Crippen LogP contribution >= 0.6 is 0 Å². The van der Waals surface area contributed by atoms with E-state index in [1.54, 1.807) is 13.0 Å². The second-order valence-corrected chi connectivity index (χ2v) is 15.9. The van der Waals surface area contributed by atoms with Gasteiger partial charge < -0.3 is 18.8 Å². The van der Waals surface area contributed by atoms with Crippen molar-refractivity contribution in [1.82, 2.24) is 14.5 Å². The standard InChI is InChI=1S/C26H34FN3O4Si/c1-6-33-26(31)22-17(2)30(16-32-11-12-35(3,4)5)25-23(28-15-29-24(22)25)20-10-9-19(27)13-21(20)34-14-18-7-8-18/h9-10,13,15,18H,6-8,11-12,14,16H2,1-5H3. The molecule has 0 unspecified atom stereocenters. The molecule has 1 fully saturated rings. The summed E-state index contributed by atoms with van der Waals surface area (Å²) in [7, 11) is -1.26. The normalized spacial score (nSPS) is 13.9. The van der Waals surface area contributed by atoms with Gasteiger partial charge in [-0.25, -0.2) is 19.2 Å². The molecule has 3 aromatic rings. The Bertz CT molecular complexity index is 1220. The summed E-state index contributed by atoms with van der Waals surface area (Å²) < 4.78 is 33.5. The van der Waals surface area contributed by atoms with Gasteiger partial charge in [0.1, 0.15) is 41.4 Å². The highest BCUT2D eigenvalue weighted by Crippen LogP contribution is 2.38. The van der Waals surface area contributed by atoms with Crippen LogP contribution in [0.2, 0.25) is 25.7 Å². The SMILES string of the molecule is CCOC(=O)c1c(C)n(COCC[Si](C)(C)C)c2c(-c3ccc(F)cc3OCC3CC3)ncnc12. The Kier molecular flexibility index (Phi) is 7.56. The van der Waals surface area contributed by atoms with Crippen LogP contribution in [0.15, 0.2) is 24.5 Å². The first-order valence-electron chi connectivity index (χ1n) is 12.2. The third-order valence-electron chi connectivity index (χ3n) is 6.16. The van der Waals surface area contributed by atoms with Crippen molar-refractivity contribution in [2.75, 3.05) is 19.8 Å². The summed E-state index contributed by atoms with van der Waals surface area (Å²) in [6.07, 6.45) is 3.68. The van der Waals surface area contributed by atoms with Crippen molar-refractivity contribution in [2.45, 2.75) is 59.1 Å². The minimum absolute atomic E-state index is 0.242. The van der Waals surface area contributed by atoms with Gasteiger partial charge in [-0.3, -0.25) is 0 Å². The molecule has 9 heteroatoms. The van der Waals surface area contributed by atoms with Gasteiger partial charge >= 0.3 is 5.97 Å². The second kappa shape index (κ2) is 10.5. The molecule has 7 nitrogen and oxygen atoms in total. The van der Waals surface area contributed by atoms with Crippen molar-refractivity contribution in [1.29, 1.82) is 0 Å². The Labute approximate surface area is 206 Å². The third kappa shape index (κ3) is 5.90. The molecule has 4 rings (SSSR count). The number of aromatic nitrogens is 3. The lowest BCUT2D eigenvalue weighted by Gasteiger charge is -2.17. The number of benzene rings is 1. The number of esters is 1. The monoisotopic (exact) mass is 499 g/mol. The van der Waals surface area contributed by atoms with Gasteiger partial charge in [0, 0.05) is 32.0 Å². The Balaban J connectivity index is 1.81. The number of carbonyl (C=O) groups is 1. The Morgan fingerprint density at radius 3 is 2.69 bits per heavy atom. The summed E-state index contributed by atoms with van der Waals surface area (Å²) in [5, 5.41) is 0. The predicted octanol–water partition coefficient (Wildman–Crippen LogP) is 5.82. The molecule has 0 spiro atoms. The average Bonchev–Trinajstić information content (AvgIpc) is 3.58. The Hall–Kier alpha value is -2.78. The van der Waals surface area contributed by atoms with Gasteiger partial charge in [-0.2, -0.15) is 0 Å². The second-order valence-electron chi connectivity index (χ2n) is 10.3. The zero-order valence-corrected chi connectivity index (χ0v) is 22.2. The average molecular weight is 500 g/mol. The van der Waals surface area contributed by atoms with Gasteiger partial charge in [-0.15, -0.1) is 0 Å². The molecule has 1 saturated carbocycles. The summed E-state index contributed by atoms with van der Waals surface area (Å²) >= 11 is 0. The maximum Gasteiger partial charge on any atom is 0.342 e. The zero-order valence-electron chi connectivity index (χ0n) is 21.2. The van der Waals surface area contributed by atoms with Crippen LogP contribution in [0.1, 0.15) is 35.8 Å². The van der Waals surface area contributed by atoms with E-state index in [1.165, 1.54) is 18.5 Å². The fourth-order valence-electron chi connectivity index (χ4n) is 3.94. The maximum absolute atomic E-state index is 14.2. The topological polar surface area (TPSA) is 75.5 Å². The molecule has 0 radical (unpaired) electrons.